The predicted molar refractivity (Wildman–Crippen MR) is 44.3 cm³/mol. The van der Waals surface area contributed by atoms with Gasteiger partial charge in [-0.15, -0.1) is 11.3 Å². The zero-order valence-electron chi connectivity index (χ0n) is 6.77. The summed E-state index contributed by atoms with van der Waals surface area (Å²) in [7, 11) is 0. The number of aromatic hydroxyl groups is 1. The molecule has 66 valence electrons. The van der Waals surface area contributed by atoms with E-state index in [1.807, 2.05) is 0 Å². The molecule has 1 heterocycles. The standard InChI is InChI=1S/C7H9NO3S/c1-4(2)11-7(10)6-8-5(9)3-12-6/h3-4,9H,1-2H3. The summed E-state index contributed by atoms with van der Waals surface area (Å²) in [6, 6.07) is 0. The van der Waals surface area contributed by atoms with Gasteiger partial charge in [0, 0.05) is 0 Å². The van der Waals surface area contributed by atoms with E-state index in [0.717, 1.165) is 11.3 Å². The highest BCUT2D eigenvalue weighted by molar-refractivity contribution is 7.11. The highest BCUT2D eigenvalue weighted by Gasteiger charge is 2.13. The fraction of sp³-hybridized carbons (Fsp3) is 0.429. The third-order valence-corrected chi connectivity index (χ3v) is 1.82. The lowest BCUT2D eigenvalue weighted by atomic mass is 10.5. The Morgan fingerprint density at radius 2 is 2.42 bits per heavy atom. The van der Waals surface area contributed by atoms with Gasteiger partial charge in [0.2, 0.25) is 10.9 Å². The Morgan fingerprint density at radius 1 is 1.75 bits per heavy atom. The molecule has 5 heteroatoms. The predicted octanol–water partition coefficient (Wildman–Crippen LogP) is 1.41. The second kappa shape index (κ2) is 3.53. The summed E-state index contributed by atoms with van der Waals surface area (Å²) < 4.78 is 4.85. The smallest absolute Gasteiger partial charge is 0.367 e. The molecule has 0 radical (unpaired) electrons. The molecule has 1 aromatic rings. The Balaban J connectivity index is 2.65. The molecule has 0 saturated carbocycles. The van der Waals surface area contributed by atoms with Crippen molar-refractivity contribution in [2.75, 3.05) is 0 Å². The van der Waals surface area contributed by atoms with Crippen LogP contribution in [0.15, 0.2) is 5.38 Å². The van der Waals surface area contributed by atoms with E-state index < -0.39 is 5.97 Å². The Hall–Kier alpha value is -1.10. The summed E-state index contributed by atoms with van der Waals surface area (Å²) in [6.45, 7) is 3.51. The van der Waals surface area contributed by atoms with Gasteiger partial charge in [-0.3, -0.25) is 0 Å². The van der Waals surface area contributed by atoms with Crippen molar-refractivity contribution in [2.45, 2.75) is 20.0 Å². The van der Waals surface area contributed by atoms with E-state index in [-0.39, 0.29) is 17.0 Å². The van der Waals surface area contributed by atoms with Crippen LogP contribution in [0, 0.1) is 0 Å². The lowest BCUT2D eigenvalue weighted by Crippen LogP contribution is -2.10. The minimum absolute atomic E-state index is 0.143. The topological polar surface area (TPSA) is 59.4 Å². The summed E-state index contributed by atoms with van der Waals surface area (Å²) in [4.78, 5) is 14.6. The zero-order valence-corrected chi connectivity index (χ0v) is 7.59. The summed E-state index contributed by atoms with van der Waals surface area (Å²) in [5, 5.41) is 10.4. The second-order valence-electron chi connectivity index (χ2n) is 2.46. The molecule has 1 aromatic heterocycles. The maximum absolute atomic E-state index is 11.1. The lowest BCUT2D eigenvalue weighted by molar-refractivity contribution is 0.0376. The van der Waals surface area contributed by atoms with Crippen LogP contribution >= 0.6 is 11.3 Å². The maximum Gasteiger partial charge on any atom is 0.367 e. The molecule has 0 saturated heterocycles. The number of aromatic nitrogens is 1. The van der Waals surface area contributed by atoms with Crippen molar-refractivity contribution in [1.82, 2.24) is 4.98 Å². The Morgan fingerprint density at radius 3 is 2.83 bits per heavy atom. The second-order valence-corrected chi connectivity index (χ2v) is 3.32. The molecule has 0 aliphatic rings. The molecule has 12 heavy (non-hydrogen) atoms. The Labute approximate surface area is 73.8 Å². The summed E-state index contributed by atoms with van der Waals surface area (Å²) in [5.41, 5.74) is 0. The summed E-state index contributed by atoms with van der Waals surface area (Å²) >= 11 is 1.06. The van der Waals surface area contributed by atoms with Crippen LogP contribution in [0.2, 0.25) is 0 Å². The van der Waals surface area contributed by atoms with Crippen LogP contribution in [0.3, 0.4) is 0 Å². The quantitative estimate of drug-likeness (QED) is 0.711. The van der Waals surface area contributed by atoms with Crippen LogP contribution in [-0.2, 0) is 4.74 Å². The largest absolute Gasteiger partial charge is 0.493 e. The third kappa shape index (κ3) is 2.20. The molecule has 0 spiro atoms. The molecule has 4 nitrogen and oxygen atoms in total. The van der Waals surface area contributed by atoms with Crippen molar-refractivity contribution in [3.8, 4) is 5.88 Å². The highest BCUT2D eigenvalue weighted by Crippen LogP contribution is 2.15. The van der Waals surface area contributed by atoms with Gasteiger partial charge in [-0.25, -0.2) is 4.79 Å². The monoisotopic (exact) mass is 187 g/mol. The number of carbonyl (C=O) groups excluding carboxylic acids is 1. The van der Waals surface area contributed by atoms with E-state index in [9.17, 15) is 4.79 Å². The van der Waals surface area contributed by atoms with E-state index in [1.165, 1.54) is 5.38 Å². The van der Waals surface area contributed by atoms with Crippen LogP contribution in [0.5, 0.6) is 5.88 Å². The highest BCUT2D eigenvalue weighted by atomic mass is 32.1. The molecule has 0 bridgehead atoms. The number of ether oxygens (including phenoxy) is 1. The van der Waals surface area contributed by atoms with Gasteiger partial charge in [-0.2, -0.15) is 4.98 Å². The summed E-state index contributed by atoms with van der Waals surface area (Å²) in [5.74, 6) is -0.633. The molecule has 0 aromatic carbocycles. The van der Waals surface area contributed by atoms with Gasteiger partial charge in [0.25, 0.3) is 0 Å². The van der Waals surface area contributed by atoms with Gasteiger partial charge in [0.1, 0.15) is 0 Å². The summed E-state index contributed by atoms with van der Waals surface area (Å²) in [6.07, 6.45) is -0.163. The number of thiazole rings is 1. The Kier molecular flexibility index (Phi) is 2.65. The number of hydrogen-bond donors (Lipinski definition) is 1. The number of nitrogens with zero attached hydrogens (tertiary/aromatic N) is 1. The number of rotatable bonds is 2. The molecule has 0 aliphatic carbocycles. The molecular formula is C7H9NO3S. The molecule has 0 atom stereocenters. The number of hydrogen-bond acceptors (Lipinski definition) is 5. The van der Waals surface area contributed by atoms with E-state index >= 15 is 0 Å². The first kappa shape index (κ1) is 8.99. The molecular weight excluding hydrogens is 178 g/mol. The molecule has 0 fully saturated rings. The van der Waals surface area contributed by atoms with Gasteiger partial charge in [-0.05, 0) is 13.8 Å². The van der Waals surface area contributed by atoms with Crippen molar-refractivity contribution in [3.05, 3.63) is 10.4 Å². The molecule has 0 unspecified atom stereocenters. The fourth-order valence-corrected chi connectivity index (χ4v) is 1.18. The van der Waals surface area contributed by atoms with E-state index in [1.54, 1.807) is 13.8 Å². The average molecular weight is 187 g/mol. The molecule has 1 rings (SSSR count). The van der Waals surface area contributed by atoms with Gasteiger partial charge < -0.3 is 9.84 Å². The number of esters is 1. The minimum Gasteiger partial charge on any atom is -0.493 e. The SMILES string of the molecule is CC(C)OC(=O)c1nc(O)cs1. The molecule has 0 amide bonds. The van der Waals surface area contributed by atoms with E-state index in [2.05, 4.69) is 4.98 Å². The molecule has 0 aliphatic heterocycles. The van der Waals surface area contributed by atoms with Gasteiger partial charge >= 0.3 is 5.97 Å². The Bertz CT molecular complexity index is 282. The van der Waals surface area contributed by atoms with E-state index in [4.69, 9.17) is 9.84 Å². The van der Waals surface area contributed by atoms with Crippen LogP contribution in [0.25, 0.3) is 0 Å². The average Bonchev–Trinajstić information content (AvgIpc) is 2.34. The van der Waals surface area contributed by atoms with E-state index in [0.29, 0.717) is 0 Å². The minimum atomic E-state index is -0.490. The first-order valence-corrected chi connectivity index (χ1v) is 4.33. The van der Waals surface area contributed by atoms with Gasteiger partial charge in [0.15, 0.2) is 0 Å². The van der Waals surface area contributed by atoms with Crippen molar-refractivity contribution < 1.29 is 14.6 Å². The number of carbonyl (C=O) groups is 1. The first-order valence-electron chi connectivity index (χ1n) is 3.45. The van der Waals surface area contributed by atoms with Gasteiger partial charge in [-0.1, -0.05) is 0 Å². The van der Waals surface area contributed by atoms with Crippen LogP contribution in [0.1, 0.15) is 23.6 Å². The van der Waals surface area contributed by atoms with Crippen LogP contribution in [0.4, 0.5) is 0 Å². The third-order valence-electron chi connectivity index (χ3n) is 1.01. The first-order chi connectivity index (χ1) is 5.59. The van der Waals surface area contributed by atoms with Crippen molar-refractivity contribution >= 4 is 17.3 Å². The maximum atomic E-state index is 11.1. The lowest BCUT2D eigenvalue weighted by Gasteiger charge is -2.04. The van der Waals surface area contributed by atoms with Crippen molar-refractivity contribution in [3.63, 3.8) is 0 Å². The van der Waals surface area contributed by atoms with Gasteiger partial charge in [0.05, 0.1) is 11.5 Å². The van der Waals surface area contributed by atoms with Crippen LogP contribution < -0.4 is 0 Å². The fourth-order valence-electron chi connectivity index (χ4n) is 0.624. The normalized spacial score (nSPS) is 10.2. The van der Waals surface area contributed by atoms with Crippen molar-refractivity contribution in [1.29, 1.82) is 0 Å². The zero-order chi connectivity index (χ0) is 9.14. The van der Waals surface area contributed by atoms with Crippen molar-refractivity contribution in [2.24, 2.45) is 0 Å². The molecule has 1 N–H and O–H groups in total. The van der Waals surface area contributed by atoms with Crippen LogP contribution in [-0.4, -0.2) is 22.2 Å².